The fraction of sp³-hybridized carbons (Fsp3) is 0.812. The molecule has 1 aliphatic rings. The van der Waals surface area contributed by atoms with Crippen molar-refractivity contribution >= 4 is 5.97 Å². The average Bonchev–Trinajstić information content (AvgIpc) is 2.59. The number of rotatable bonds is 6. The Morgan fingerprint density at radius 1 is 1.39 bits per heavy atom. The summed E-state index contributed by atoms with van der Waals surface area (Å²) in [7, 11) is 0. The SMILES string of the molecule is C=C(C[C@@H](CC)C(=O)O)C1CCC(CC)C1(C)C. The van der Waals surface area contributed by atoms with Crippen LogP contribution in [-0.4, -0.2) is 11.1 Å². The first-order valence-corrected chi connectivity index (χ1v) is 7.24. The molecule has 18 heavy (non-hydrogen) atoms. The number of carboxylic acids is 1. The summed E-state index contributed by atoms with van der Waals surface area (Å²) in [5.74, 6) is 0.315. The van der Waals surface area contributed by atoms with Crippen molar-refractivity contribution in [2.45, 2.75) is 59.8 Å². The first-order valence-electron chi connectivity index (χ1n) is 7.24. The van der Waals surface area contributed by atoms with Crippen molar-refractivity contribution in [3.8, 4) is 0 Å². The Balaban J connectivity index is 2.71. The summed E-state index contributed by atoms with van der Waals surface area (Å²) in [4.78, 5) is 11.1. The second-order valence-corrected chi connectivity index (χ2v) is 6.36. The molecule has 2 heteroatoms. The van der Waals surface area contributed by atoms with Crippen LogP contribution in [0.3, 0.4) is 0 Å². The molecular formula is C16H28O2. The van der Waals surface area contributed by atoms with Crippen LogP contribution in [0.5, 0.6) is 0 Å². The van der Waals surface area contributed by atoms with Crippen LogP contribution in [0.2, 0.25) is 0 Å². The third kappa shape index (κ3) is 2.96. The first kappa shape index (κ1) is 15.3. The molecule has 0 aliphatic heterocycles. The number of carbonyl (C=O) groups is 1. The molecule has 1 rings (SSSR count). The van der Waals surface area contributed by atoms with E-state index < -0.39 is 5.97 Å². The number of carboxylic acid groups (broad SMARTS) is 1. The van der Waals surface area contributed by atoms with Crippen LogP contribution in [0, 0.1) is 23.2 Å². The van der Waals surface area contributed by atoms with E-state index in [9.17, 15) is 4.79 Å². The predicted molar refractivity (Wildman–Crippen MR) is 75.5 cm³/mol. The van der Waals surface area contributed by atoms with Crippen LogP contribution in [-0.2, 0) is 4.79 Å². The van der Waals surface area contributed by atoms with Gasteiger partial charge in [0.25, 0.3) is 0 Å². The maximum absolute atomic E-state index is 11.1. The molecule has 0 saturated heterocycles. The summed E-state index contributed by atoms with van der Waals surface area (Å²) < 4.78 is 0. The zero-order chi connectivity index (χ0) is 13.9. The van der Waals surface area contributed by atoms with Gasteiger partial charge in [0.15, 0.2) is 0 Å². The van der Waals surface area contributed by atoms with Crippen LogP contribution in [0.25, 0.3) is 0 Å². The third-order valence-corrected chi connectivity index (χ3v) is 5.09. The molecule has 1 fully saturated rings. The molecule has 1 saturated carbocycles. The topological polar surface area (TPSA) is 37.3 Å². The first-order chi connectivity index (χ1) is 8.34. The van der Waals surface area contributed by atoms with Crippen LogP contribution < -0.4 is 0 Å². The standard InChI is InChI=1S/C16H28O2/c1-6-12(15(17)18)10-11(3)14-9-8-13(7-2)16(14,4)5/h12-14H,3,6-10H2,1-2,4-5H3,(H,17,18)/t12-,13?,14?/m1/s1. The van der Waals surface area contributed by atoms with Crippen molar-refractivity contribution < 1.29 is 9.90 Å². The summed E-state index contributed by atoms with van der Waals surface area (Å²) in [6, 6.07) is 0. The van der Waals surface area contributed by atoms with Crippen LogP contribution >= 0.6 is 0 Å². The van der Waals surface area contributed by atoms with Gasteiger partial charge in [0.05, 0.1) is 5.92 Å². The highest BCUT2D eigenvalue weighted by atomic mass is 16.4. The van der Waals surface area contributed by atoms with Gasteiger partial charge in [0, 0.05) is 0 Å². The minimum atomic E-state index is -0.679. The quantitative estimate of drug-likeness (QED) is 0.706. The largest absolute Gasteiger partial charge is 0.481 e. The molecule has 0 spiro atoms. The monoisotopic (exact) mass is 252 g/mol. The van der Waals surface area contributed by atoms with Crippen molar-refractivity contribution in [2.24, 2.45) is 23.2 Å². The number of aliphatic carboxylic acids is 1. The summed E-state index contributed by atoms with van der Waals surface area (Å²) in [5, 5.41) is 9.15. The van der Waals surface area contributed by atoms with Crippen molar-refractivity contribution in [2.75, 3.05) is 0 Å². The highest BCUT2D eigenvalue weighted by Gasteiger charge is 2.43. The Kier molecular flexibility index (Phi) is 5.01. The molecule has 0 aromatic heterocycles. The second kappa shape index (κ2) is 5.90. The molecule has 0 amide bonds. The van der Waals surface area contributed by atoms with Gasteiger partial charge in [-0.3, -0.25) is 4.79 Å². The van der Waals surface area contributed by atoms with E-state index in [1.807, 2.05) is 6.92 Å². The van der Waals surface area contributed by atoms with Gasteiger partial charge in [0.2, 0.25) is 0 Å². The molecule has 0 bridgehead atoms. The Labute approximate surface area is 111 Å². The molecule has 1 aliphatic carbocycles. The van der Waals surface area contributed by atoms with E-state index in [1.54, 1.807) is 0 Å². The van der Waals surface area contributed by atoms with Gasteiger partial charge in [0.1, 0.15) is 0 Å². The van der Waals surface area contributed by atoms with Crippen molar-refractivity contribution in [1.82, 2.24) is 0 Å². The van der Waals surface area contributed by atoms with Crippen LogP contribution in [0.4, 0.5) is 0 Å². The zero-order valence-corrected chi connectivity index (χ0v) is 12.3. The lowest BCUT2D eigenvalue weighted by atomic mass is 9.70. The molecular weight excluding hydrogens is 224 g/mol. The minimum Gasteiger partial charge on any atom is -0.481 e. The van der Waals surface area contributed by atoms with E-state index in [4.69, 9.17) is 5.11 Å². The molecule has 3 atom stereocenters. The summed E-state index contributed by atoms with van der Waals surface area (Å²) in [5.41, 5.74) is 1.44. The lowest BCUT2D eigenvalue weighted by Crippen LogP contribution is -2.27. The van der Waals surface area contributed by atoms with Gasteiger partial charge in [-0.05, 0) is 42.9 Å². The summed E-state index contributed by atoms with van der Waals surface area (Å²) in [6.07, 6.45) is 5.00. The maximum atomic E-state index is 11.1. The molecule has 2 nitrogen and oxygen atoms in total. The number of hydrogen-bond acceptors (Lipinski definition) is 1. The minimum absolute atomic E-state index is 0.256. The van der Waals surface area contributed by atoms with Gasteiger partial charge < -0.3 is 5.11 Å². The van der Waals surface area contributed by atoms with Gasteiger partial charge in [-0.1, -0.05) is 46.3 Å². The maximum Gasteiger partial charge on any atom is 0.306 e. The molecule has 104 valence electrons. The lowest BCUT2D eigenvalue weighted by molar-refractivity contribution is -0.141. The van der Waals surface area contributed by atoms with Gasteiger partial charge >= 0.3 is 5.97 Å². The normalized spacial score (nSPS) is 28.0. The number of allylic oxidation sites excluding steroid dienone is 1. The Morgan fingerprint density at radius 2 is 2.00 bits per heavy atom. The highest BCUT2D eigenvalue weighted by Crippen LogP contribution is 2.52. The van der Waals surface area contributed by atoms with Gasteiger partial charge in [-0.25, -0.2) is 0 Å². The average molecular weight is 252 g/mol. The Hall–Kier alpha value is -0.790. The molecule has 0 aromatic rings. The molecule has 0 radical (unpaired) electrons. The zero-order valence-electron chi connectivity index (χ0n) is 12.3. The van der Waals surface area contributed by atoms with Crippen molar-refractivity contribution in [3.05, 3.63) is 12.2 Å². The van der Waals surface area contributed by atoms with Gasteiger partial charge in [-0.15, -0.1) is 0 Å². The Bertz CT molecular complexity index is 317. The van der Waals surface area contributed by atoms with Crippen molar-refractivity contribution in [3.63, 3.8) is 0 Å². The van der Waals surface area contributed by atoms with Gasteiger partial charge in [-0.2, -0.15) is 0 Å². The van der Waals surface area contributed by atoms with E-state index >= 15 is 0 Å². The van der Waals surface area contributed by atoms with E-state index in [0.29, 0.717) is 18.8 Å². The molecule has 0 heterocycles. The van der Waals surface area contributed by atoms with Crippen molar-refractivity contribution in [1.29, 1.82) is 0 Å². The predicted octanol–water partition coefficient (Wildman–Crippen LogP) is 4.51. The highest BCUT2D eigenvalue weighted by molar-refractivity contribution is 5.70. The smallest absolute Gasteiger partial charge is 0.306 e. The molecule has 0 aromatic carbocycles. The van der Waals surface area contributed by atoms with Crippen LogP contribution in [0.15, 0.2) is 12.2 Å². The Morgan fingerprint density at radius 3 is 2.39 bits per heavy atom. The lowest BCUT2D eigenvalue weighted by Gasteiger charge is -2.34. The van der Waals surface area contributed by atoms with E-state index in [1.165, 1.54) is 19.3 Å². The fourth-order valence-corrected chi connectivity index (χ4v) is 3.72. The summed E-state index contributed by atoms with van der Waals surface area (Å²) in [6.45, 7) is 13.1. The summed E-state index contributed by atoms with van der Waals surface area (Å²) >= 11 is 0. The van der Waals surface area contributed by atoms with E-state index in [0.717, 1.165) is 11.5 Å². The van der Waals surface area contributed by atoms with E-state index in [-0.39, 0.29) is 11.3 Å². The fourth-order valence-electron chi connectivity index (χ4n) is 3.72. The van der Waals surface area contributed by atoms with Crippen LogP contribution in [0.1, 0.15) is 59.8 Å². The van der Waals surface area contributed by atoms with E-state index in [2.05, 4.69) is 27.4 Å². The molecule has 2 unspecified atom stereocenters. The molecule has 1 N–H and O–H groups in total. The third-order valence-electron chi connectivity index (χ3n) is 5.09. The number of hydrogen-bond donors (Lipinski definition) is 1. The second-order valence-electron chi connectivity index (χ2n) is 6.36.